The number of allylic oxidation sites excluding steroid dienone is 3. The van der Waals surface area contributed by atoms with E-state index < -0.39 is 5.97 Å². The Morgan fingerprint density at radius 3 is 2.65 bits per heavy atom. The number of carboxylic acids is 1. The van der Waals surface area contributed by atoms with E-state index >= 15 is 0 Å². The summed E-state index contributed by atoms with van der Waals surface area (Å²) in [5.41, 5.74) is 3.86. The number of phenolic OH excluding ortho intramolecular Hbond substituents is 1. The average Bonchev–Trinajstić information content (AvgIpc) is 2.69. The van der Waals surface area contributed by atoms with E-state index in [0.29, 0.717) is 17.2 Å². The summed E-state index contributed by atoms with van der Waals surface area (Å²) < 4.78 is 0. The van der Waals surface area contributed by atoms with Crippen molar-refractivity contribution in [3.63, 3.8) is 0 Å². The lowest BCUT2D eigenvalue weighted by Gasteiger charge is -2.61. The smallest absolute Gasteiger partial charge is 0.335 e. The van der Waals surface area contributed by atoms with Crippen LogP contribution in [-0.4, -0.2) is 21.0 Å². The average molecular weight is 489 g/mol. The van der Waals surface area contributed by atoms with Crippen molar-refractivity contribution in [3.05, 3.63) is 53.1 Å². The fourth-order valence-electron chi connectivity index (χ4n) is 6.44. The van der Waals surface area contributed by atoms with Crippen LogP contribution in [-0.2, 0) is 6.42 Å². The molecule has 3 rings (SSSR count). The number of benzene rings is 1. The van der Waals surface area contributed by atoms with Gasteiger partial charge in [0.15, 0.2) is 0 Å². The number of fused-ring (bicyclic) bond motifs is 1. The SMILES string of the molecule is C=C1CCC2C(C)(CCC=C(C)C)C(Br)CCC2(C)C1Cc1cc(C(=O)O)ccc1O. The van der Waals surface area contributed by atoms with Gasteiger partial charge in [0.2, 0.25) is 0 Å². The lowest BCUT2D eigenvalue weighted by atomic mass is 9.46. The molecule has 1 aromatic carbocycles. The van der Waals surface area contributed by atoms with E-state index in [0.717, 1.165) is 44.1 Å². The summed E-state index contributed by atoms with van der Waals surface area (Å²) in [6.45, 7) is 13.7. The van der Waals surface area contributed by atoms with Gasteiger partial charge in [-0.3, -0.25) is 0 Å². The van der Waals surface area contributed by atoms with Gasteiger partial charge in [-0.1, -0.05) is 53.6 Å². The predicted octanol–water partition coefficient (Wildman–Crippen LogP) is 7.53. The summed E-state index contributed by atoms with van der Waals surface area (Å²) in [4.78, 5) is 12.0. The number of hydrogen-bond acceptors (Lipinski definition) is 2. The van der Waals surface area contributed by atoms with Crippen LogP contribution in [0.3, 0.4) is 0 Å². The first-order valence-corrected chi connectivity index (χ1v) is 12.4. The van der Waals surface area contributed by atoms with Crippen LogP contribution in [0.4, 0.5) is 0 Å². The van der Waals surface area contributed by atoms with E-state index in [1.54, 1.807) is 6.07 Å². The first kappa shape index (κ1) is 24.1. The van der Waals surface area contributed by atoms with Crippen molar-refractivity contribution in [3.8, 4) is 5.75 Å². The van der Waals surface area contributed by atoms with Crippen molar-refractivity contribution < 1.29 is 15.0 Å². The molecule has 0 radical (unpaired) electrons. The molecule has 170 valence electrons. The summed E-state index contributed by atoms with van der Waals surface area (Å²) in [7, 11) is 0. The highest BCUT2D eigenvalue weighted by atomic mass is 79.9. The number of aromatic carboxylic acids is 1. The van der Waals surface area contributed by atoms with Gasteiger partial charge in [-0.25, -0.2) is 4.79 Å². The molecule has 0 aliphatic heterocycles. The van der Waals surface area contributed by atoms with Gasteiger partial charge in [0.05, 0.1) is 5.56 Å². The summed E-state index contributed by atoms with van der Waals surface area (Å²) in [6, 6.07) is 4.63. The van der Waals surface area contributed by atoms with E-state index in [4.69, 9.17) is 0 Å². The summed E-state index contributed by atoms with van der Waals surface area (Å²) in [6.07, 6.45) is 9.66. The molecular formula is C27H37BrO3. The topological polar surface area (TPSA) is 57.5 Å². The highest BCUT2D eigenvalue weighted by Gasteiger charge is 2.57. The minimum absolute atomic E-state index is 0.0883. The quantitative estimate of drug-likeness (QED) is 0.321. The van der Waals surface area contributed by atoms with Gasteiger partial charge in [-0.2, -0.15) is 0 Å². The zero-order chi connectivity index (χ0) is 23.0. The van der Waals surface area contributed by atoms with Crippen LogP contribution in [0.2, 0.25) is 0 Å². The van der Waals surface area contributed by atoms with Gasteiger partial charge < -0.3 is 10.2 Å². The van der Waals surface area contributed by atoms with Crippen molar-refractivity contribution in [1.29, 1.82) is 0 Å². The largest absolute Gasteiger partial charge is 0.508 e. The molecule has 0 spiro atoms. The molecule has 5 unspecified atom stereocenters. The first-order chi connectivity index (χ1) is 14.5. The summed E-state index contributed by atoms with van der Waals surface area (Å²) in [5.74, 6) is 0.0245. The highest BCUT2D eigenvalue weighted by molar-refractivity contribution is 9.09. The zero-order valence-corrected chi connectivity index (χ0v) is 21.0. The third-order valence-electron chi connectivity index (χ3n) is 8.27. The van der Waals surface area contributed by atoms with Crippen LogP contribution in [0.25, 0.3) is 0 Å². The third kappa shape index (κ3) is 4.65. The predicted molar refractivity (Wildman–Crippen MR) is 131 cm³/mol. The molecule has 3 nitrogen and oxygen atoms in total. The van der Waals surface area contributed by atoms with E-state index in [2.05, 4.69) is 56.3 Å². The molecule has 2 fully saturated rings. The minimum atomic E-state index is -0.959. The fourth-order valence-corrected chi connectivity index (χ4v) is 7.22. The van der Waals surface area contributed by atoms with Crippen molar-refractivity contribution in [2.24, 2.45) is 22.7 Å². The number of alkyl halides is 1. The third-order valence-corrected chi connectivity index (χ3v) is 9.78. The molecule has 31 heavy (non-hydrogen) atoms. The van der Waals surface area contributed by atoms with Gasteiger partial charge in [-0.05, 0) is 105 Å². The molecule has 2 saturated carbocycles. The van der Waals surface area contributed by atoms with Crippen LogP contribution in [0.5, 0.6) is 5.75 Å². The number of aromatic hydroxyl groups is 1. The Labute approximate surface area is 195 Å². The number of phenols is 1. The maximum absolute atomic E-state index is 11.5. The summed E-state index contributed by atoms with van der Waals surface area (Å²) >= 11 is 4.05. The monoisotopic (exact) mass is 488 g/mol. The van der Waals surface area contributed by atoms with Crippen molar-refractivity contribution in [1.82, 2.24) is 0 Å². The highest BCUT2D eigenvalue weighted by Crippen LogP contribution is 2.64. The molecule has 4 heteroatoms. The van der Waals surface area contributed by atoms with Gasteiger partial charge in [-0.15, -0.1) is 0 Å². The number of carbonyl (C=O) groups is 1. The zero-order valence-electron chi connectivity index (χ0n) is 19.4. The lowest BCUT2D eigenvalue weighted by molar-refractivity contribution is -0.0588. The van der Waals surface area contributed by atoms with Crippen LogP contribution in [0.15, 0.2) is 42.0 Å². The molecule has 1 aromatic rings. The van der Waals surface area contributed by atoms with E-state index in [1.807, 2.05) is 0 Å². The number of halogens is 1. The molecule has 0 aromatic heterocycles. The Morgan fingerprint density at radius 2 is 2.00 bits per heavy atom. The molecule has 2 aliphatic carbocycles. The van der Waals surface area contributed by atoms with Gasteiger partial charge in [0, 0.05) is 4.83 Å². The molecule has 2 aliphatic rings. The van der Waals surface area contributed by atoms with Crippen molar-refractivity contribution in [2.45, 2.75) is 77.5 Å². The Bertz CT molecular complexity index is 884. The van der Waals surface area contributed by atoms with Crippen molar-refractivity contribution >= 4 is 21.9 Å². The Balaban J connectivity index is 1.94. The Kier molecular flexibility index (Phi) is 7.10. The second-order valence-electron chi connectivity index (χ2n) is 10.5. The Hall–Kier alpha value is -1.55. The molecule has 0 heterocycles. The standard InChI is InChI=1S/C27H37BrO3/c1-17(2)7-6-13-27(5)23-11-8-18(3)21(26(23,4)14-12-24(27)28)16-20-15-19(25(30)31)9-10-22(20)29/h7,9-10,15,21,23-24,29H,3,6,8,11-14,16H2,1-2,4-5H3,(H,30,31). The van der Waals surface area contributed by atoms with Crippen LogP contribution in [0, 0.1) is 22.7 Å². The molecule has 0 amide bonds. The molecule has 0 saturated heterocycles. The molecule has 5 atom stereocenters. The number of hydrogen-bond donors (Lipinski definition) is 2. The Morgan fingerprint density at radius 1 is 1.29 bits per heavy atom. The molecule has 0 bridgehead atoms. The normalized spacial score (nSPS) is 32.9. The maximum atomic E-state index is 11.5. The second kappa shape index (κ2) is 9.13. The molecule has 2 N–H and O–H groups in total. The lowest BCUT2D eigenvalue weighted by Crippen LogP contribution is -2.54. The second-order valence-corrected chi connectivity index (χ2v) is 11.6. The van der Waals surface area contributed by atoms with Gasteiger partial charge in [0.25, 0.3) is 0 Å². The van der Waals surface area contributed by atoms with Crippen molar-refractivity contribution in [2.75, 3.05) is 0 Å². The van der Waals surface area contributed by atoms with Crippen LogP contribution < -0.4 is 0 Å². The van der Waals surface area contributed by atoms with Gasteiger partial charge in [0.1, 0.15) is 5.75 Å². The fraction of sp³-hybridized carbons (Fsp3) is 0.593. The number of rotatable bonds is 6. The minimum Gasteiger partial charge on any atom is -0.508 e. The van der Waals surface area contributed by atoms with E-state index in [9.17, 15) is 15.0 Å². The summed E-state index contributed by atoms with van der Waals surface area (Å²) in [5, 5.41) is 19.9. The van der Waals surface area contributed by atoms with Crippen LogP contribution in [0.1, 0.15) is 82.1 Å². The van der Waals surface area contributed by atoms with Crippen LogP contribution >= 0.6 is 15.9 Å². The van der Waals surface area contributed by atoms with Gasteiger partial charge >= 0.3 is 5.97 Å². The first-order valence-electron chi connectivity index (χ1n) is 11.5. The van der Waals surface area contributed by atoms with E-state index in [1.165, 1.54) is 23.3 Å². The maximum Gasteiger partial charge on any atom is 0.335 e. The van der Waals surface area contributed by atoms with E-state index in [-0.39, 0.29) is 28.1 Å². The number of carboxylic acid groups (broad SMARTS) is 1. The molecular weight excluding hydrogens is 452 g/mol.